The molecule has 2 nitrogen and oxygen atoms in total. The Morgan fingerprint density at radius 1 is 1.10 bits per heavy atom. The largest absolute Gasteiger partial charge is 0.384 e. The van der Waals surface area contributed by atoms with Crippen LogP contribution >= 0.6 is 0 Å². The molecule has 0 bridgehead atoms. The number of hydrogen-bond acceptors (Lipinski definition) is 2. The summed E-state index contributed by atoms with van der Waals surface area (Å²) >= 11 is 0. The van der Waals surface area contributed by atoms with Gasteiger partial charge in [-0.3, -0.25) is 0 Å². The van der Waals surface area contributed by atoms with Gasteiger partial charge in [0, 0.05) is 24.7 Å². The minimum atomic E-state index is -1.04. The molecule has 2 N–H and O–H groups in total. The SMILES string of the molecule is CC(O)(CNCc1ccc(F)cc1F)c1ccccc1. The van der Waals surface area contributed by atoms with E-state index in [1.54, 1.807) is 6.92 Å². The van der Waals surface area contributed by atoms with E-state index in [0.717, 1.165) is 11.6 Å². The van der Waals surface area contributed by atoms with E-state index in [2.05, 4.69) is 5.32 Å². The Bertz CT molecular complexity index is 570. The molecule has 0 saturated heterocycles. The summed E-state index contributed by atoms with van der Waals surface area (Å²) in [5.41, 5.74) is 0.111. The highest BCUT2D eigenvalue weighted by atomic mass is 19.1. The second-order valence-corrected chi connectivity index (χ2v) is 4.98. The summed E-state index contributed by atoms with van der Waals surface area (Å²) < 4.78 is 26.2. The van der Waals surface area contributed by atoms with Gasteiger partial charge in [0.15, 0.2) is 0 Å². The first-order valence-corrected chi connectivity index (χ1v) is 6.41. The van der Waals surface area contributed by atoms with E-state index in [-0.39, 0.29) is 13.1 Å². The predicted octanol–water partition coefficient (Wildman–Crippen LogP) is 2.96. The monoisotopic (exact) mass is 277 g/mol. The fourth-order valence-corrected chi connectivity index (χ4v) is 2.00. The number of hydrogen-bond donors (Lipinski definition) is 2. The Balaban J connectivity index is 1.95. The van der Waals surface area contributed by atoms with Crippen LogP contribution in [0.15, 0.2) is 48.5 Å². The fourth-order valence-electron chi connectivity index (χ4n) is 2.00. The molecule has 0 aliphatic heterocycles. The average Bonchev–Trinajstić information content (AvgIpc) is 2.42. The van der Waals surface area contributed by atoms with Gasteiger partial charge >= 0.3 is 0 Å². The summed E-state index contributed by atoms with van der Waals surface area (Å²) in [4.78, 5) is 0. The van der Waals surface area contributed by atoms with Crippen LogP contribution in [0.25, 0.3) is 0 Å². The van der Waals surface area contributed by atoms with E-state index in [1.165, 1.54) is 12.1 Å². The lowest BCUT2D eigenvalue weighted by atomic mass is 9.96. The summed E-state index contributed by atoms with van der Waals surface area (Å²) in [6.45, 7) is 2.19. The Hall–Kier alpha value is -1.78. The van der Waals surface area contributed by atoms with E-state index < -0.39 is 17.2 Å². The zero-order valence-corrected chi connectivity index (χ0v) is 11.2. The zero-order chi connectivity index (χ0) is 14.6. The molecule has 0 radical (unpaired) electrons. The summed E-state index contributed by atoms with van der Waals surface area (Å²) in [6, 6.07) is 12.7. The van der Waals surface area contributed by atoms with E-state index >= 15 is 0 Å². The highest BCUT2D eigenvalue weighted by Gasteiger charge is 2.22. The van der Waals surface area contributed by atoms with E-state index in [1.807, 2.05) is 30.3 Å². The van der Waals surface area contributed by atoms with E-state index in [9.17, 15) is 13.9 Å². The summed E-state index contributed by atoms with van der Waals surface area (Å²) in [5, 5.41) is 13.3. The molecule has 0 saturated carbocycles. The highest BCUT2D eigenvalue weighted by Crippen LogP contribution is 2.19. The molecule has 0 amide bonds. The van der Waals surface area contributed by atoms with Crippen LogP contribution in [0.2, 0.25) is 0 Å². The number of rotatable bonds is 5. The van der Waals surface area contributed by atoms with Gasteiger partial charge in [0.1, 0.15) is 11.6 Å². The number of benzene rings is 2. The highest BCUT2D eigenvalue weighted by molar-refractivity contribution is 5.22. The van der Waals surface area contributed by atoms with Crippen LogP contribution in [0.3, 0.4) is 0 Å². The molecule has 0 aliphatic rings. The van der Waals surface area contributed by atoms with Crippen molar-refractivity contribution in [2.75, 3.05) is 6.54 Å². The number of aliphatic hydroxyl groups is 1. The maximum atomic E-state index is 13.5. The molecule has 0 aromatic heterocycles. The molecule has 20 heavy (non-hydrogen) atoms. The van der Waals surface area contributed by atoms with Gasteiger partial charge in [-0.25, -0.2) is 8.78 Å². The van der Waals surface area contributed by atoms with Gasteiger partial charge in [-0.05, 0) is 18.6 Å². The van der Waals surface area contributed by atoms with Crippen molar-refractivity contribution < 1.29 is 13.9 Å². The molecule has 0 spiro atoms. The van der Waals surface area contributed by atoms with Crippen molar-refractivity contribution in [3.8, 4) is 0 Å². The molecule has 2 aromatic rings. The van der Waals surface area contributed by atoms with Crippen LogP contribution in [0, 0.1) is 11.6 Å². The van der Waals surface area contributed by atoms with Gasteiger partial charge in [-0.2, -0.15) is 0 Å². The Labute approximate surface area is 117 Å². The first-order valence-electron chi connectivity index (χ1n) is 6.41. The van der Waals surface area contributed by atoms with Crippen molar-refractivity contribution >= 4 is 0 Å². The van der Waals surface area contributed by atoms with Crippen LogP contribution < -0.4 is 5.32 Å². The smallest absolute Gasteiger partial charge is 0.130 e. The summed E-state index contributed by atoms with van der Waals surface area (Å²) in [7, 11) is 0. The van der Waals surface area contributed by atoms with E-state index in [4.69, 9.17) is 0 Å². The Kier molecular flexibility index (Phi) is 4.47. The van der Waals surface area contributed by atoms with Gasteiger partial charge in [0.25, 0.3) is 0 Å². The molecule has 4 heteroatoms. The second-order valence-electron chi connectivity index (χ2n) is 4.98. The zero-order valence-electron chi connectivity index (χ0n) is 11.2. The molecule has 0 heterocycles. The molecule has 2 rings (SSSR count). The van der Waals surface area contributed by atoms with Gasteiger partial charge < -0.3 is 10.4 Å². The lowest BCUT2D eigenvalue weighted by Crippen LogP contribution is -2.35. The van der Waals surface area contributed by atoms with Crippen molar-refractivity contribution in [2.45, 2.75) is 19.1 Å². The summed E-state index contributed by atoms with van der Waals surface area (Å²) in [5.74, 6) is -1.18. The first kappa shape index (κ1) is 14.6. The average molecular weight is 277 g/mol. The van der Waals surface area contributed by atoms with Gasteiger partial charge in [-0.15, -0.1) is 0 Å². The predicted molar refractivity (Wildman–Crippen MR) is 74.1 cm³/mol. The normalized spacial score (nSPS) is 14.0. The number of halogens is 2. The van der Waals surface area contributed by atoms with Crippen molar-refractivity contribution in [1.82, 2.24) is 5.32 Å². The lowest BCUT2D eigenvalue weighted by molar-refractivity contribution is 0.0566. The van der Waals surface area contributed by atoms with Crippen molar-refractivity contribution in [2.24, 2.45) is 0 Å². The molecule has 106 valence electrons. The molecular weight excluding hydrogens is 260 g/mol. The van der Waals surface area contributed by atoms with Crippen LogP contribution in [-0.2, 0) is 12.1 Å². The minimum absolute atomic E-state index is 0.231. The van der Waals surface area contributed by atoms with Crippen LogP contribution in [0.4, 0.5) is 8.78 Å². The fraction of sp³-hybridized carbons (Fsp3) is 0.250. The molecular formula is C16H17F2NO. The molecule has 1 unspecified atom stereocenters. The van der Waals surface area contributed by atoms with Crippen LogP contribution in [0.1, 0.15) is 18.1 Å². The quantitative estimate of drug-likeness (QED) is 0.880. The Morgan fingerprint density at radius 3 is 2.45 bits per heavy atom. The minimum Gasteiger partial charge on any atom is -0.384 e. The maximum Gasteiger partial charge on any atom is 0.130 e. The van der Waals surface area contributed by atoms with Gasteiger partial charge in [0.2, 0.25) is 0 Å². The van der Waals surface area contributed by atoms with Gasteiger partial charge in [0.05, 0.1) is 5.60 Å². The second kappa shape index (κ2) is 6.11. The molecule has 0 fully saturated rings. The lowest BCUT2D eigenvalue weighted by Gasteiger charge is -2.24. The summed E-state index contributed by atoms with van der Waals surface area (Å²) in [6.07, 6.45) is 0. The third-order valence-electron chi connectivity index (χ3n) is 3.20. The molecule has 2 aromatic carbocycles. The third kappa shape index (κ3) is 3.62. The Morgan fingerprint density at radius 2 is 1.80 bits per heavy atom. The van der Waals surface area contributed by atoms with Crippen molar-refractivity contribution in [3.05, 3.63) is 71.3 Å². The molecule has 0 aliphatic carbocycles. The number of nitrogens with one attached hydrogen (secondary N) is 1. The van der Waals surface area contributed by atoms with Crippen molar-refractivity contribution in [1.29, 1.82) is 0 Å². The van der Waals surface area contributed by atoms with Crippen molar-refractivity contribution in [3.63, 3.8) is 0 Å². The van der Waals surface area contributed by atoms with Crippen LogP contribution in [-0.4, -0.2) is 11.7 Å². The standard InChI is InChI=1S/C16H17F2NO/c1-16(20,13-5-3-2-4-6-13)11-19-10-12-7-8-14(17)9-15(12)18/h2-9,19-20H,10-11H2,1H3. The first-order chi connectivity index (χ1) is 9.49. The van der Waals surface area contributed by atoms with Gasteiger partial charge in [-0.1, -0.05) is 36.4 Å². The molecule has 1 atom stereocenters. The van der Waals surface area contributed by atoms with E-state index in [0.29, 0.717) is 5.56 Å². The van der Waals surface area contributed by atoms with Crippen LogP contribution in [0.5, 0.6) is 0 Å². The third-order valence-corrected chi connectivity index (χ3v) is 3.20. The topological polar surface area (TPSA) is 32.3 Å². The maximum absolute atomic E-state index is 13.5.